The van der Waals surface area contributed by atoms with Crippen LogP contribution in [0.2, 0.25) is 0 Å². The summed E-state index contributed by atoms with van der Waals surface area (Å²) >= 11 is 0. The van der Waals surface area contributed by atoms with E-state index in [1.165, 1.54) is 0 Å². The Morgan fingerprint density at radius 1 is 0.389 bits per heavy atom. The molecule has 0 aliphatic carbocycles. The highest BCUT2D eigenvalue weighted by molar-refractivity contribution is 5.97. The highest BCUT2D eigenvalue weighted by Gasteiger charge is 2.16. The molecule has 0 radical (unpaired) electrons. The van der Waals surface area contributed by atoms with E-state index >= 15 is 0 Å². The van der Waals surface area contributed by atoms with Crippen molar-refractivity contribution in [3.63, 3.8) is 0 Å². The lowest BCUT2D eigenvalue weighted by molar-refractivity contribution is 0.0686. The van der Waals surface area contributed by atoms with E-state index in [-0.39, 0.29) is 11.1 Å². The quantitative estimate of drug-likeness (QED) is 0.266. The van der Waals surface area contributed by atoms with E-state index in [1.807, 2.05) is 91.0 Å². The van der Waals surface area contributed by atoms with Crippen LogP contribution in [-0.4, -0.2) is 22.2 Å². The molecule has 174 valence electrons. The molecule has 5 aromatic rings. The summed E-state index contributed by atoms with van der Waals surface area (Å²) in [6.45, 7) is 0. The van der Waals surface area contributed by atoms with Crippen LogP contribution < -0.4 is 0 Å². The molecule has 0 aliphatic rings. The molecule has 0 heterocycles. The van der Waals surface area contributed by atoms with Crippen LogP contribution in [0, 0.1) is 0 Å². The van der Waals surface area contributed by atoms with Gasteiger partial charge in [-0.15, -0.1) is 0 Å². The standard InChI is InChI=1S/C32H22O4/c33-31(34)24-13-11-21(12-14-24)25-15-17-27(29(19-25)22-7-3-1-4-8-22)28-18-16-26(32(35)36)20-30(28)23-9-5-2-6-10-23/h1-20H,(H,33,34)(H,35,36). The zero-order valence-electron chi connectivity index (χ0n) is 19.3. The fourth-order valence-electron chi connectivity index (χ4n) is 4.39. The number of hydrogen-bond acceptors (Lipinski definition) is 2. The molecular weight excluding hydrogens is 448 g/mol. The van der Waals surface area contributed by atoms with Crippen LogP contribution in [0.3, 0.4) is 0 Å². The summed E-state index contributed by atoms with van der Waals surface area (Å²) in [4.78, 5) is 23.0. The van der Waals surface area contributed by atoms with Crippen LogP contribution in [0.4, 0.5) is 0 Å². The van der Waals surface area contributed by atoms with Crippen molar-refractivity contribution in [3.8, 4) is 44.5 Å². The fraction of sp³-hybridized carbons (Fsp3) is 0. The van der Waals surface area contributed by atoms with Gasteiger partial charge in [0.25, 0.3) is 0 Å². The Morgan fingerprint density at radius 2 is 0.833 bits per heavy atom. The third-order valence-electron chi connectivity index (χ3n) is 6.21. The van der Waals surface area contributed by atoms with Crippen LogP contribution in [0.5, 0.6) is 0 Å². The molecule has 0 saturated carbocycles. The van der Waals surface area contributed by atoms with Gasteiger partial charge >= 0.3 is 11.9 Å². The second-order valence-corrected chi connectivity index (χ2v) is 8.44. The number of rotatable bonds is 6. The van der Waals surface area contributed by atoms with Gasteiger partial charge in [0.1, 0.15) is 0 Å². The summed E-state index contributed by atoms with van der Waals surface area (Å²) in [5, 5.41) is 18.9. The van der Waals surface area contributed by atoms with Crippen LogP contribution in [0.25, 0.3) is 44.5 Å². The SMILES string of the molecule is O=C(O)c1ccc(-c2ccc(-c3ccc(C(=O)O)cc3-c3ccccc3)c(-c3ccccc3)c2)cc1. The first kappa shape index (κ1) is 22.8. The number of carboxylic acids is 2. The monoisotopic (exact) mass is 470 g/mol. The van der Waals surface area contributed by atoms with Crippen molar-refractivity contribution < 1.29 is 19.8 Å². The van der Waals surface area contributed by atoms with Gasteiger partial charge in [-0.05, 0) is 74.8 Å². The Bertz CT molecular complexity index is 1550. The molecule has 0 bridgehead atoms. The van der Waals surface area contributed by atoms with Gasteiger partial charge in [0.05, 0.1) is 11.1 Å². The van der Waals surface area contributed by atoms with Gasteiger partial charge in [0, 0.05) is 0 Å². The molecule has 4 heteroatoms. The van der Waals surface area contributed by atoms with Gasteiger partial charge < -0.3 is 10.2 Å². The third kappa shape index (κ3) is 4.52. The minimum Gasteiger partial charge on any atom is -0.478 e. The van der Waals surface area contributed by atoms with Crippen LogP contribution >= 0.6 is 0 Å². The van der Waals surface area contributed by atoms with Crippen LogP contribution in [-0.2, 0) is 0 Å². The Labute approximate surface area is 208 Å². The lowest BCUT2D eigenvalue weighted by atomic mass is 9.86. The summed E-state index contributed by atoms with van der Waals surface area (Å²) in [5.74, 6) is -1.93. The van der Waals surface area contributed by atoms with E-state index in [9.17, 15) is 19.8 Å². The summed E-state index contributed by atoms with van der Waals surface area (Å²) < 4.78 is 0. The molecule has 0 saturated heterocycles. The van der Waals surface area contributed by atoms with Gasteiger partial charge in [-0.1, -0.05) is 91.0 Å². The molecule has 5 rings (SSSR count). The number of carboxylic acid groups (broad SMARTS) is 2. The molecule has 0 amide bonds. The lowest BCUT2D eigenvalue weighted by Crippen LogP contribution is -1.98. The van der Waals surface area contributed by atoms with Crippen molar-refractivity contribution >= 4 is 11.9 Å². The minimum absolute atomic E-state index is 0.231. The van der Waals surface area contributed by atoms with Crippen molar-refractivity contribution in [1.82, 2.24) is 0 Å². The van der Waals surface area contributed by atoms with E-state index in [0.717, 1.165) is 44.5 Å². The Hall–Kier alpha value is -4.96. The molecule has 0 unspecified atom stereocenters. The largest absolute Gasteiger partial charge is 0.478 e. The Balaban J connectivity index is 1.72. The predicted octanol–water partition coefficient (Wildman–Crippen LogP) is 7.75. The zero-order valence-corrected chi connectivity index (χ0v) is 19.3. The molecular formula is C32H22O4. The maximum Gasteiger partial charge on any atom is 0.335 e. The summed E-state index contributed by atoms with van der Waals surface area (Å²) in [6, 6.07) is 38.0. The summed E-state index contributed by atoms with van der Waals surface area (Å²) in [6.07, 6.45) is 0. The van der Waals surface area contributed by atoms with E-state index in [0.29, 0.717) is 0 Å². The maximum absolute atomic E-state index is 11.8. The van der Waals surface area contributed by atoms with E-state index in [1.54, 1.807) is 24.3 Å². The van der Waals surface area contributed by atoms with Gasteiger partial charge in [-0.2, -0.15) is 0 Å². The summed E-state index contributed by atoms with van der Waals surface area (Å²) in [5.41, 5.74) is 8.04. The molecule has 0 aliphatic heterocycles. The number of carbonyl (C=O) groups is 2. The van der Waals surface area contributed by atoms with Crippen molar-refractivity contribution in [2.75, 3.05) is 0 Å². The highest BCUT2D eigenvalue weighted by Crippen LogP contribution is 2.40. The fourth-order valence-corrected chi connectivity index (χ4v) is 4.39. The van der Waals surface area contributed by atoms with Gasteiger partial charge in [0.15, 0.2) is 0 Å². The molecule has 4 nitrogen and oxygen atoms in total. The summed E-state index contributed by atoms with van der Waals surface area (Å²) in [7, 11) is 0. The van der Waals surface area contributed by atoms with E-state index in [4.69, 9.17) is 0 Å². The lowest BCUT2D eigenvalue weighted by Gasteiger charge is -2.17. The molecule has 2 N–H and O–H groups in total. The highest BCUT2D eigenvalue weighted by atomic mass is 16.4. The molecule has 0 aromatic heterocycles. The zero-order chi connectivity index (χ0) is 25.1. The number of hydrogen-bond donors (Lipinski definition) is 2. The topological polar surface area (TPSA) is 74.6 Å². The van der Waals surface area contributed by atoms with Gasteiger partial charge in [-0.3, -0.25) is 0 Å². The first-order valence-electron chi connectivity index (χ1n) is 11.5. The second-order valence-electron chi connectivity index (χ2n) is 8.44. The second kappa shape index (κ2) is 9.72. The van der Waals surface area contributed by atoms with Crippen LogP contribution in [0.15, 0.2) is 121 Å². The first-order valence-corrected chi connectivity index (χ1v) is 11.5. The molecule has 0 fully saturated rings. The minimum atomic E-state index is -0.970. The van der Waals surface area contributed by atoms with Crippen molar-refractivity contribution in [1.29, 1.82) is 0 Å². The average molecular weight is 471 g/mol. The molecule has 0 atom stereocenters. The maximum atomic E-state index is 11.8. The Kier molecular flexibility index (Phi) is 6.16. The molecule has 0 spiro atoms. The van der Waals surface area contributed by atoms with E-state index < -0.39 is 11.9 Å². The smallest absolute Gasteiger partial charge is 0.335 e. The van der Waals surface area contributed by atoms with Crippen molar-refractivity contribution in [3.05, 3.63) is 132 Å². The van der Waals surface area contributed by atoms with Crippen molar-refractivity contribution in [2.45, 2.75) is 0 Å². The van der Waals surface area contributed by atoms with Crippen molar-refractivity contribution in [2.24, 2.45) is 0 Å². The first-order chi connectivity index (χ1) is 17.5. The van der Waals surface area contributed by atoms with Gasteiger partial charge in [-0.25, -0.2) is 9.59 Å². The van der Waals surface area contributed by atoms with Crippen LogP contribution in [0.1, 0.15) is 20.7 Å². The Morgan fingerprint density at radius 3 is 1.36 bits per heavy atom. The number of benzene rings is 5. The predicted molar refractivity (Wildman–Crippen MR) is 142 cm³/mol. The van der Waals surface area contributed by atoms with Gasteiger partial charge in [0.2, 0.25) is 0 Å². The number of aromatic carboxylic acids is 2. The normalized spacial score (nSPS) is 10.7. The third-order valence-corrected chi connectivity index (χ3v) is 6.21. The molecule has 5 aromatic carbocycles. The molecule has 36 heavy (non-hydrogen) atoms. The van der Waals surface area contributed by atoms with E-state index in [2.05, 4.69) is 6.07 Å². The average Bonchev–Trinajstić information content (AvgIpc) is 2.93.